The smallest absolute Gasteiger partial charge is 1.00 e. The number of hydrogen-bond donors (Lipinski definition) is 0. The van der Waals surface area contributed by atoms with Crippen molar-refractivity contribution < 1.29 is 51.3 Å². The van der Waals surface area contributed by atoms with Crippen molar-refractivity contribution in [3.63, 3.8) is 0 Å². The Morgan fingerprint density at radius 1 is 1.00 bits per heavy atom. The first kappa shape index (κ1) is 32.6. The van der Waals surface area contributed by atoms with Crippen molar-refractivity contribution in [2.45, 2.75) is 92.2 Å². The summed E-state index contributed by atoms with van der Waals surface area (Å²) in [5, 5.41) is 0. The van der Waals surface area contributed by atoms with Gasteiger partial charge in [-0.05, 0) is 56.3 Å². The number of rotatable bonds is 3. The number of amides is 1. The normalized spacial score (nSPS) is 32.3. The summed E-state index contributed by atoms with van der Waals surface area (Å²) in [6.45, 7) is 13.2. The zero-order chi connectivity index (χ0) is 20.2. The molecule has 0 aromatic rings. The molecule has 5 rings (SSSR count). The molecule has 1 N–H and O–H groups in total. The Hall–Kier alpha value is 0.461. The van der Waals surface area contributed by atoms with Crippen LogP contribution in [-0.4, -0.2) is 15.4 Å². The minimum Gasteiger partial charge on any atom is -1.00 e. The van der Waals surface area contributed by atoms with Crippen molar-refractivity contribution in [1.82, 2.24) is 0 Å². The van der Waals surface area contributed by atoms with Crippen LogP contribution in [0.1, 0.15) is 80.1 Å². The number of nitrogens with one attached hydrogen (secondary N) is 1. The average Bonchev–Trinajstić information content (AvgIpc) is 2.81. The molecule has 2 nitrogen and oxygen atoms in total. The van der Waals surface area contributed by atoms with Gasteiger partial charge in [-0.1, -0.05) is 52.6 Å². The van der Waals surface area contributed by atoms with Crippen LogP contribution in [0.3, 0.4) is 0 Å². The van der Waals surface area contributed by atoms with Crippen LogP contribution in [0.4, 0.5) is 0 Å². The Labute approximate surface area is 215 Å². The van der Waals surface area contributed by atoms with Gasteiger partial charge in [0.05, 0.1) is 5.91 Å². The molecular weight excluding hydrogens is 465 g/mol. The molecule has 5 aliphatic rings. The molecule has 0 aromatic carbocycles. The SMILES string of the molecule is CC1=[C-]C(C)C(C)=C1C.CC[SiH]CC.[Cl-].[Cl-].[NH-]C(=O)C12CC3CC(CC(C3)C1)C2.[Ti+4]. The van der Waals surface area contributed by atoms with E-state index < -0.39 is 0 Å². The number of allylic oxidation sites excluding steroid dienone is 4. The molecule has 1 unspecified atom stereocenters. The van der Waals surface area contributed by atoms with Crippen LogP contribution in [0, 0.1) is 35.2 Å². The molecule has 0 aromatic heterocycles. The van der Waals surface area contributed by atoms with Gasteiger partial charge in [0.15, 0.2) is 0 Å². The fourth-order valence-corrected chi connectivity index (χ4v) is 6.42. The maximum Gasteiger partial charge on any atom is 4.00 e. The van der Waals surface area contributed by atoms with Crippen LogP contribution in [-0.2, 0) is 26.5 Å². The first-order valence-corrected chi connectivity index (χ1v) is 12.7. The van der Waals surface area contributed by atoms with E-state index in [-0.39, 0.29) is 57.9 Å². The standard InChI is InChI=1S/C11H17NO.C9H13.C4H11Si.2ClH.Ti/c12-10(13)11-4-7-1-8(5-11)3-9(2-7)6-11;1-6-5-7(2)9(4)8(6)3;1-3-5-4-2;;;/h7-9H,1-6H2,(H2,12,13);6H,1-4H3;5H,3-4H2,1-2H3;2*1H;/q;-1;;;;+4/p-3. The summed E-state index contributed by atoms with van der Waals surface area (Å²) in [4.78, 5) is 11.4. The number of carbonyl (C=O) groups excluding carboxylic acids is 1. The predicted molar refractivity (Wildman–Crippen MR) is 118 cm³/mol. The largest absolute Gasteiger partial charge is 4.00 e. The van der Waals surface area contributed by atoms with Gasteiger partial charge >= 0.3 is 21.7 Å². The van der Waals surface area contributed by atoms with Crippen LogP contribution in [0.5, 0.6) is 0 Å². The summed E-state index contributed by atoms with van der Waals surface area (Å²) in [6.07, 6.45) is 10.5. The van der Waals surface area contributed by atoms with Crippen LogP contribution < -0.4 is 24.8 Å². The predicted octanol–water partition coefficient (Wildman–Crippen LogP) is 0.808. The minimum absolute atomic E-state index is 0. The van der Waals surface area contributed by atoms with E-state index in [0.29, 0.717) is 5.92 Å². The van der Waals surface area contributed by atoms with E-state index in [4.69, 9.17) is 5.73 Å². The topological polar surface area (TPSA) is 40.9 Å². The Morgan fingerprint density at radius 3 is 1.57 bits per heavy atom. The van der Waals surface area contributed by atoms with Crippen molar-refractivity contribution in [2.75, 3.05) is 0 Å². The van der Waals surface area contributed by atoms with E-state index in [1.165, 1.54) is 48.1 Å². The maximum atomic E-state index is 11.4. The molecule has 30 heavy (non-hydrogen) atoms. The Kier molecular flexibility index (Phi) is 15.9. The zero-order valence-electron chi connectivity index (χ0n) is 19.7. The Morgan fingerprint density at radius 2 is 1.40 bits per heavy atom. The van der Waals surface area contributed by atoms with Crippen molar-refractivity contribution in [3.05, 3.63) is 28.5 Å². The van der Waals surface area contributed by atoms with Gasteiger partial charge in [-0.2, -0.15) is 11.1 Å². The van der Waals surface area contributed by atoms with E-state index in [1.807, 2.05) is 0 Å². The molecule has 4 saturated carbocycles. The molecule has 1 amide bonds. The summed E-state index contributed by atoms with van der Waals surface area (Å²) in [5.41, 5.74) is 11.5. The second-order valence-corrected chi connectivity index (χ2v) is 11.6. The molecular formula is C24H40Cl2NOSiTi. The molecule has 0 aliphatic heterocycles. The van der Waals surface area contributed by atoms with E-state index in [0.717, 1.165) is 46.5 Å². The molecule has 0 heterocycles. The quantitative estimate of drug-likeness (QED) is 0.414. The summed E-state index contributed by atoms with van der Waals surface area (Å²) < 4.78 is 0. The van der Waals surface area contributed by atoms with Gasteiger partial charge in [-0.25, -0.2) is 5.57 Å². The number of hydrogen-bond acceptors (Lipinski definition) is 1. The summed E-state index contributed by atoms with van der Waals surface area (Å²) in [6, 6.07) is 2.85. The second-order valence-electron chi connectivity index (χ2n) is 9.43. The van der Waals surface area contributed by atoms with Crippen molar-refractivity contribution in [1.29, 1.82) is 0 Å². The molecule has 0 spiro atoms. The first-order chi connectivity index (χ1) is 12.7. The van der Waals surface area contributed by atoms with Crippen LogP contribution in [0.2, 0.25) is 12.1 Å². The number of carbonyl (C=O) groups is 1. The number of halogens is 2. The van der Waals surface area contributed by atoms with Gasteiger partial charge in [0.2, 0.25) is 0 Å². The van der Waals surface area contributed by atoms with E-state index >= 15 is 0 Å². The monoisotopic (exact) mass is 504 g/mol. The molecule has 5 aliphatic carbocycles. The molecule has 169 valence electrons. The molecule has 1 radical (unpaired) electrons. The maximum absolute atomic E-state index is 11.4. The summed E-state index contributed by atoms with van der Waals surface area (Å²) >= 11 is 0. The molecule has 4 bridgehead atoms. The third-order valence-corrected chi connectivity index (χ3v) is 8.49. The fraction of sp³-hybridized carbons (Fsp3) is 0.792. The van der Waals surface area contributed by atoms with Crippen molar-refractivity contribution in [2.24, 2.45) is 29.1 Å². The van der Waals surface area contributed by atoms with Gasteiger partial charge in [-0.15, -0.1) is 6.92 Å². The van der Waals surface area contributed by atoms with Crippen molar-refractivity contribution in [3.8, 4) is 0 Å². The zero-order valence-corrected chi connectivity index (χ0v) is 23.9. The van der Waals surface area contributed by atoms with E-state index in [2.05, 4.69) is 47.6 Å². The third kappa shape index (κ3) is 8.10. The van der Waals surface area contributed by atoms with Gasteiger partial charge in [0.25, 0.3) is 0 Å². The molecule has 0 saturated heterocycles. The third-order valence-electron chi connectivity index (χ3n) is 7.33. The van der Waals surface area contributed by atoms with Crippen LogP contribution in [0.15, 0.2) is 16.7 Å². The average molecular weight is 505 g/mol. The second kappa shape index (κ2) is 14.6. The van der Waals surface area contributed by atoms with Crippen molar-refractivity contribution >= 4 is 15.4 Å². The summed E-state index contributed by atoms with van der Waals surface area (Å²) in [7, 11) is 0.815. The van der Waals surface area contributed by atoms with Gasteiger partial charge in [0.1, 0.15) is 0 Å². The minimum atomic E-state index is -0.258. The molecule has 4 fully saturated rings. The van der Waals surface area contributed by atoms with E-state index in [9.17, 15) is 4.79 Å². The Balaban J connectivity index is 0. The molecule has 6 heteroatoms. The fourth-order valence-electron chi connectivity index (χ4n) is 5.84. The van der Waals surface area contributed by atoms with Crippen LogP contribution >= 0.6 is 0 Å². The first-order valence-electron chi connectivity index (χ1n) is 11.1. The summed E-state index contributed by atoms with van der Waals surface area (Å²) in [5.74, 6) is 2.68. The van der Waals surface area contributed by atoms with Gasteiger partial charge < -0.3 is 35.3 Å². The van der Waals surface area contributed by atoms with Crippen LogP contribution in [0.25, 0.3) is 5.73 Å². The van der Waals surface area contributed by atoms with Gasteiger partial charge in [-0.3, -0.25) is 6.08 Å². The van der Waals surface area contributed by atoms with Gasteiger partial charge in [0, 0.05) is 14.9 Å². The van der Waals surface area contributed by atoms with E-state index in [1.54, 1.807) is 0 Å². The molecule has 1 atom stereocenters. The Bertz CT molecular complexity index is 569.